The highest BCUT2D eigenvalue weighted by Gasteiger charge is 2.22. The Bertz CT molecular complexity index is 434. The van der Waals surface area contributed by atoms with Crippen LogP contribution in [0.1, 0.15) is 29.6 Å². The number of likely N-dealkylation sites (tertiary alicyclic amines) is 1. The van der Waals surface area contributed by atoms with Crippen molar-refractivity contribution in [3.63, 3.8) is 0 Å². The number of carbonyl (C=O) groups excluding carboxylic acids is 1. The summed E-state index contributed by atoms with van der Waals surface area (Å²) in [5.41, 5.74) is 0.605. The van der Waals surface area contributed by atoms with Crippen LogP contribution in [-0.4, -0.2) is 42.0 Å². The lowest BCUT2D eigenvalue weighted by atomic mass is 9.95. The van der Waals surface area contributed by atoms with Crippen molar-refractivity contribution in [2.24, 2.45) is 5.92 Å². The number of aliphatic hydroxyl groups is 1. The number of carbonyl (C=O) groups is 1. The third kappa shape index (κ3) is 4.03. The van der Waals surface area contributed by atoms with Crippen LogP contribution in [0.5, 0.6) is 0 Å². The fraction of sp³-hybridized carbons (Fsp3) is 0.533. The summed E-state index contributed by atoms with van der Waals surface area (Å²) >= 11 is 6.04. The third-order valence-electron chi connectivity index (χ3n) is 3.68. The van der Waals surface area contributed by atoms with Crippen LogP contribution in [0.2, 0.25) is 5.02 Å². The lowest BCUT2D eigenvalue weighted by Crippen LogP contribution is -2.39. The molecule has 1 aromatic carbocycles. The van der Waals surface area contributed by atoms with E-state index in [1.807, 2.05) is 12.1 Å². The molecule has 1 aromatic rings. The van der Waals surface area contributed by atoms with Crippen LogP contribution in [-0.2, 0) is 0 Å². The molecular weight excluding hydrogens is 262 g/mol. The molecule has 1 heterocycles. The Balaban J connectivity index is 1.93. The maximum Gasteiger partial charge on any atom is 0.178 e. The quantitative estimate of drug-likeness (QED) is 0.844. The molecule has 1 aliphatic rings. The first-order valence-electron chi connectivity index (χ1n) is 6.81. The predicted molar refractivity (Wildman–Crippen MR) is 76.6 cm³/mol. The number of hydrogen-bond donors (Lipinski definition) is 1. The lowest BCUT2D eigenvalue weighted by Gasteiger charge is -2.32. The van der Waals surface area contributed by atoms with Crippen molar-refractivity contribution in [1.82, 2.24) is 4.90 Å². The number of benzene rings is 1. The van der Waals surface area contributed by atoms with E-state index in [0.29, 0.717) is 23.0 Å². The Morgan fingerprint density at radius 3 is 2.95 bits per heavy atom. The van der Waals surface area contributed by atoms with Gasteiger partial charge >= 0.3 is 0 Å². The van der Waals surface area contributed by atoms with Crippen LogP contribution < -0.4 is 0 Å². The van der Waals surface area contributed by atoms with Gasteiger partial charge in [-0.2, -0.15) is 0 Å². The minimum absolute atomic E-state index is 0.0789. The van der Waals surface area contributed by atoms with Crippen molar-refractivity contribution in [3.8, 4) is 0 Å². The van der Waals surface area contributed by atoms with E-state index in [9.17, 15) is 4.79 Å². The number of nitrogens with zero attached hydrogens (tertiary/aromatic N) is 1. The normalized spacial score (nSPS) is 20.4. The molecule has 104 valence electrons. The Morgan fingerprint density at radius 2 is 2.21 bits per heavy atom. The summed E-state index contributed by atoms with van der Waals surface area (Å²) in [6.45, 7) is 2.51. The summed E-state index contributed by atoms with van der Waals surface area (Å²) in [5, 5.41) is 9.52. The molecule has 4 heteroatoms. The van der Waals surface area contributed by atoms with Gasteiger partial charge in [-0.25, -0.2) is 0 Å². The molecule has 1 aliphatic heterocycles. The molecule has 0 bridgehead atoms. The van der Waals surface area contributed by atoms with Crippen molar-refractivity contribution >= 4 is 17.4 Å². The maximum atomic E-state index is 12.2. The van der Waals surface area contributed by atoms with E-state index in [2.05, 4.69) is 4.90 Å². The number of piperidine rings is 1. The standard InChI is InChI=1S/C15H20ClNO2/c16-14-6-2-1-5-13(14)15(19)11-17-8-3-4-12(10-17)7-9-18/h1-2,5-6,12,18H,3-4,7-11H2. The Labute approximate surface area is 119 Å². The second-order valence-electron chi connectivity index (χ2n) is 5.16. The summed E-state index contributed by atoms with van der Waals surface area (Å²) in [6.07, 6.45) is 3.08. The summed E-state index contributed by atoms with van der Waals surface area (Å²) in [5.74, 6) is 0.591. The highest BCUT2D eigenvalue weighted by Crippen LogP contribution is 2.21. The molecule has 2 rings (SSSR count). The summed E-state index contributed by atoms with van der Waals surface area (Å²) in [6, 6.07) is 7.19. The van der Waals surface area contributed by atoms with Crippen molar-refractivity contribution in [2.75, 3.05) is 26.2 Å². The van der Waals surface area contributed by atoms with Gasteiger partial charge in [0.05, 0.1) is 11.6 Å². The van der Waals surface area contributed by atoms with Crippen molar-refractivity contribution < 1.29 is 9.90 Å². The molecule has 1 fully saturated rings. The van der Waals surface area contributed by atoms with Gasteiger partial charge in [-0.05, 0) is 43.9 Å². The van der Waals surface area contributed by atoms with Gasteiger partial charge in [-0.15, -0.1) is 0 Å². The summed E-state index contributed by atoms with van der Waals surface area (Å²) < 4.78 is 0. The minimum atomic E-state index is 0.0789. The zero-order valence-electron chi connectivity index (χ0n) is 11.0. The predicted octanol–water partition coefficient (Wildman–Crippen LogP) is 2.62. The Hall–Kier alpha value is -0.900. The first-order chi connectivity index (χ1) is 9.20. The molecule has 1 N–H and O–H groups in total. The van der Waals surface area contributed by atoms with Gasteiger partial charge in [0, 0.05) is 18.7 Å². The van der Waals surface area contributed by atoms with Crippen LogP contribution >= 0.6 is 11.6 Å². The van der Waals surface area contributed by atoms with E-state index < -0.39 is 0 Å². The lowest BCUT2D eigenvalue weighted by molar-refractivity contribution is 0.0872. The second kappa shape index (κ2) is 7.04. The highest BCUT2D eigenvalue weighted by atomic mass is 35.5. The number of rotatable bonds is 5. The zero-order valence-corrected chi connectivity index (χ0v) is 11.8. The number of hydrogen-bond acceptors (Lipinski definition) is 3. The summed E-state index contributed by atoms with van der Waals surface area (Å²) in [4.78, 5) is 14.4. The van der Waals surface area contributed by atoms with E-state index in [-0.39, 0.29) is 12.4 Å². The second-order valence-corrected chi connectivity index (χ2v) is 5.57. The van der Waals surface area contributed by atoms with Gasteiger partial charge in [0.1, 0.15) is 0 Å². The SMILES string of the molecule is O=C(CN1CCCC(CCO)C1)c1ccccc1Cl. The van der Waals surface area contributed by atoms with Gasteiger partial charge in [0.25, 0.3) is 0 Å². The molecule has 0 aliphatic carbocycles. The fourth-order valence-electron chi connectivity index (χ4n) is 2.69. The molecule has 1 saturated heterocycles. The van der Waals surface area contributed by atoms with E-state index in [1.54, 1.807) is 12.1 Å². The van der Waals surface area contributed by atoms with Gasteiger partial charge < -0.3 is 5.11 Å². The Kier molecular flexibility index (Phi) is 5.37. The monoisotopic (exact) mass is 281 g/mol. The molecule has 0 spiro atoms. The van der Waals surface area contributed by atoms with Crippen LogP contribution in [0.25, 0.3) is 0 Å². The van der Waals surface area contributed by atoms with Gasteiger partial charge in [-0.3, -0.25) is 9.69 Å². The Morgan fingerprint density at radius 1 is 1.42 bits per heavy atom. The van der Waals surface area contributed by atoms with E-state index in [4.69, 9.17) is 16.7 Å². The van der Waals surface area contributed by atoms with Gasteiger partial charge in [0.2, 0.25) is 0 Å². The highest BCUT2D eigenvalue weighted by molar-refractivity contribution is 6.34. The van der Waals surface area contributed by atoms with E-state index >= 15 is 0 Å². The fourth-order valence-corrected chi connectivity index (χ4v) is 2.93. The maximum absolute atomic E-state index is 12.2. The largest absolute Gasteiger partial charge is 0.396 e. The molecule has 1 atom stereocenters. The van der Waals surface area contributed by atoms with E-state index in [1.165, 1.54) is 0 Å². The first-order valence-corrected chi connectivity index (χ1v) is 7.19. The molecule has 3 nitrogen and oxygen atoms in total. The van der Waals surface area contributed by atoms with Crippen LogP contribution in [0.3, 0.4) is 0 Å². The van der Waals surface area contributed by atoms with Crippen molar-refractivity contribution in [3.05, 3.63) is 34.9 Å². The number of ketones is 1. The van der Waals surface area contributed by atoms with Crippen molar-refractivity contribution in [2.45, 2.75) is 19.3 Å². The minimum Gasteiger partial charge on any atom is -0.396 e. The molecular formula is C15H20ClNO2. The smallest absolute Gasteiger partial charge is 0.178 e. The van der Waals surface area contributed by atoms with Gasteiger partial charge in [0.15, 0.2) is 5.78 Å². The molecule has 0 amide bonds. The topological polar surface area (TPSA) is 40.5 Å². The average Bonchev–Trinajstić information content (AvgIpc) is 2.40. The third-order valence-corrected chi connectivity index (χ3v) is 4.01. The van der Waals surface area contributed by atoms with Crippen molar-refractivity contribution in [1.29, 1.82) is 0 Å². The van der Waals surface area contributed by atoms with Crippen LogP contribution in [0.15, 0.2) is 24.3 Å². The molecule has 1 unspecified atom stereocenters. The van der Waals surface area contributed by atoms with Crippen LogP contribution in [0.4, 0.5) is 0 Å². The molecule has 0 saturated carbocycles. The van der Waals surface area contributed by atoms with E-state index in [0.717, 1.165) is 32.4 Å². The van der Waals surface area contributed by atoms with Crippen LogP contribution in [0, 0.1) is 5.92 Å². The average molecular weight is 282 g/mol. The van der Waals surface area contributed by atoms with Gasteiger partial charge in [-0.1, -0.05) is 23.7 Å². The zero-order chi connectivity index (χ0) is 13.7. The molecule has 0 radical (unpaired) electrons. The number of Topliss-reactive ketones (excluding diaryl/α,β-unsaturated/α-hetero) is 1. The summed E-state index contributed by atoms with van der Waals surface area (Å²) in [7, 11) is 0. The number of aliphatic hydroxyl groups excluding tert-OH is 1. The number of halogens is 1. The molecule has 0 aromatic heterocycles. The molecule has 19 heavy (non-hydrogen) atoms. The first kappa shape index (κ1) is 14.5.